The van der Waals surface area contributed by atoms with Crippen LogP contribution < -0.4 is 15.5 Å². The van der Waals surface area contributed by atoms with E-state index < -0.39 is 17.6 Å². The Labute approximate surface area is 171 Å². The fourth-order valence-electron chi connectivity index (χ4n) is 3.27. The third-order valence-corrected chi connectivity index (χ3v) is 4.83. The maximum absolute atomic E-state index is 13.2. The van der Waals surface area contributed by atoms with Gasteiger partial charge in [0.05, 0.1) is 5.56 Å². The van der Waals surface area contributed by atoms with Crippen LogP contribution in [-0.4, -0.2) is 25.5 Å². The Hall–Kier alpha value is -3.10. The average Bonchev–Trinajstić information content (AvgIpc) is 3.14. The van der Waals surface area contributed by atoms with Crippen LogP contribution in [0.5, 0.6) is 0 Å². The molecule has 160 valence electrons. The van der Waals surface area contributed by atoms with Crippen LogP contribution in [0.15, 0.2) is 47.5 Å². The lowest BCUT2D eigenvalue weighted by Crippen LogP contribution is -2.36. The summed E-state index contributed by atoms with van der Waals surface area (Å²) < 4.78 is 52.5. The summed E-state index contributed by atoms with van der Waals surface area (Å²) in [6.07, 6.45) is -3.22. The van der Waals surface area contributed by atoms with Crippen molar-refractivity contribution in [2.45, 2.75) is 32.1 Å². The van der Waals surface area contributed by atoms with Gasteiger partial charge < -0.3 is 15.5 Å². The second-order valence-corrected chi connectivity index (χ2v) is 6.89. The van der Waals surface area contributed by atoms with Crippen LogP contribution in [0.2, 0.25) is 0 Å². The molecule has 0 bridgehead atoms. The SMILES string of the molecule is CN=C(NCc1ccc(N2CCCC2=O)cc1)NCc1ccc(F)cc1C(F)(F)F. The Morgan fingerprint density at radius 2 is 1.80 bits per heavy atom. The summed E-state index contributed by atoms with van der Waals surface area (Å²) in [5.74, 6) is -0.511. The summed E-state index contributed by atoms with van der Waals surface area (Å²) in [4.78, 5) is 17.6. The van der Waals surface area contributed by atoms with Crippen molar-refractivity contribution >= 4 is 17.6 Å². The molecule has 2 aromatic carbocycles. The molecule has 0 unspecified atom stereocenters. The summed E-state index contributed by atoms with van der Waals surface area (Å²) in [7, 11) is 1.51. The molecule has 2 N–H and O–H groups in total. The first kappa shape index (κ1) is 21.6. The van der Waals surface area contributed by atoms with E-state index in [1.807, 2.05) is 24.3 Å². The first-order valence-corrected chi connectivity index (χ1v) is 9.47. The highest BCUT2D eigenvalue weighted by Gasteiger charge is 2.33. The molecular formula is C21H22F4N4O. The molecule has 3 rings (SSSR count). The van der Waals surface area contributed by atoms with Gasteiger partial charge in [-0.3, -0.25) is 9.79 Å². The maximum atomic E-state index is 13.2. The van der Waals surface area contributed by atoms with Crippen molar-refractivity contribution < 1.29 is 22.4 Å². The molecule has 30 heavy (non-hydrogen) atoms. The van der Waals surface area contributed by atoms with Gasteiger partial charge in [-0.2, -0.15) is 13.2 Å². The van der Waals surface area contributed by atoms with Gasteiger partial charge in [-0.1, -0.05) is 18.2 Å². The summed E-state index contributed by atoms with van der Waals surface area (Å²) in [6, 6.07) is 10.1. The number of benzene rings is 2. The smallest absolute Gasteiger partial charge is 0.352 e. The number of guanidine groups is 1. The molecule has 0 spiro atoms. The Kier molecular flexibility index (Phi) is 6.59. The molecule has 0 saturated carbocycles. The molecule has 9 heteroatoms. The van der Waals surface area contributed by atoms with Gasteiger partial charge in [0.15, 0.2) is 5.96 Å². The van der Waals surface area contributed by atoms with Crippen molar-refractivity contribution in [1.82, 2.24) is 10.6 Å². The number of nitrogens with zero attached hydrogens (tertiary/aromatic N) is 2. The van der Waals surface area contributed by atoms with E-state index >= 15 is 0 Å². The van der Waals surface area contributed by atoms with E-state index in [1.54, 1.807) is 4.90 Å². The fraction of sp³-hybridized carbons (Fsp3) is 0.333. The molecule has 0 aromatic heterocycles. The van der Waals surface area contributed by atoms with E-state index in [2.05, 4.69) is 15.6 Å². The standard InChI is InChI=1S/C21H22F4N4O/c1-26-20(28-13-15-6-7-16(22)11-18(15)21(23,24)25)27-12-14-4-8-17(9-5-14)29-10-2-3-19(29)30/h4-9,11H,2-3,10,12-13H2,1H3,(H2,26,27,28). The summed E-state index contributed by atoms with van der Waals surface area (Å²) in [5.41, 5.74) is 0.676. The maximum Gasteiger partial charge on any atom is 0.416 e. The van der Waals surface area contributed by atoms with Gasteiger partial charge in [0, 0.05) is 38.8 Å². The van der Waals surface area contributed by atoms with Crippen molar-refractivity contribution in [3.63, 3.8) is 0 Å². The zero-order valence-electron chi connectivity index (χ0n) is 16.4. The van der Waals surface area contributed by atoms with E-state index in [0.717, 1.165) is 36.3 Å². The van der Waals surface area contributed by atoms with Gasteiger partial charge in [0.1, 0.15) is 5.82 Å². The number of aliphatic imine (C=N–C) groups is 1. The number of hydrogen-bond donors (Lipinski definition) is 2. The van der Waals surface area contributed by atoms with Crippen LogP contribution in [0, 0.1) is 5.82 Å². The van der Waals surface area contributed by atoms with Crippen LogP contribution >= 0.6 is 0 Å². The van der Waals surface area contributed by atoms with Crippen molar-refractivity contribution in [2.75, 3.05) is 18.5 Å². The minimum Gasteiger partial charge on any atom is -0.352 e. The van der Waals surface area contributed by atoms with Crippen LogP contribution in [0.4, 0.5) is 23.2 Å². The number of rotatable bonds is 5. The average molecular weight is 422 g/mol. The van der Waals surface area contributed by atoms with Gasteiger partial charge in [0.2, 0.25) is 5.91 Å². The number of alkyl halides is 3. The minimum atomic E-state index is -4.64. The Morgan fingerprint density at radius 3 is 2.40 bits per heavy atom. The van der Waals surface area contributed by atoms with Gasteiger partial charge in [-0.15, -0.1) is 0 Å². The van der Waals surface area contributed by atoms with Crippen molar-refractivity contribution in [2.24, 2.45) is 4.99 Å². The predicted molar refractivity (Wildman–Crippen MR) is 106 cm³/mol. The lowest BCUT2D eigenvalue weighted by molar-refractivity contribution is -0.138. The number of amides is 1. The van der Waals surface area contributed by atoms with Crippen molar-refractivity contribution in [3.8, 4) is 0 Å². The largest absolute Gasteiger partial charge is 0.416 e. The molecule has 1 aliphatic heterocycles. The van der Waals surface area contributed by atoms with Crippen LogP contribution in [0.1, 0.15) is 29.5 Å². The molecule has 1 aliphatic rings. The fourth-order valence-corrected chi connectivity index (χ4v) is 3.27. The summed E-state index contributed by atoms with van der Waals surface area (Å²) >= 11 is 0. The van der Waals surface area contributed by atoms with E-state index in [4.69, 9.17) is 0 Å². The zero-order chi connectivity index (χ0) is 21.7. The quantitative estimate of drug-likeness (QED) is 0.437. The van der Waals surface area contributed by atoms with Gasteiger partial charge in [-0.05, 0) is 41.8 Å². The first-order chi connectivity index (χ1) is 14.3. The Bertz CT molecular complexity index is 926. The second kappa shape index (κ2) is 9.15. The number of halogens is 4. The molecule has 0 radical (unpaired) electrons. The predicted octanol–water partition coefficient (Wildman–Crippen LogP) is 3.84. The number of nitrogens with one attached hydrogen (secondary N) is 2. The Morgan fingerprint density at radius 1 is 1.10 bits per heavy atom. The molecule has 1 fully saturated rings. The third kappa shape index (κ3) is 5.28. The van der Waals surface area contributed by atoms with E-state index in [9.17, 15) is 22.4 Å². The molecule has 0 atom stereocenters. The zero-order valence-corrected chi connectivity index (χ0v) is 16.4. The van der Waals surface area contributed by atoms with Gasteiger partial charge in [0.25, 0.3) is 0 Å². The van der Waals surface area contributed by atoms with Gasteiger partial charge >= 0.3 is 6.18 Å². The van der Waals surface area contributed by atoms with Crippen LogP contribution in [0.3, 0.4) is 0 Å². The topological polar surface area (TPSA) is 56.7 Å². The van der Waals surface area contributed by atoms with Gasteiger partial charge in [-0.25, -0.2) is 4.39 Å². The molecular weight excluding hydrogens is 400 g/mol. The van der Waals surface area contributed by atoms with E-state index in [0.29, 0.717) is 25.0 Å². The molecule has 1 heterocycles. The molecule has 1 saturated heterocycles. The highest BCUT2D eigenvalue weighted by molar-refractivity contribution is 5.95. The lowest BCUT2D eigenvalue weighted by Gasteiger charge is -2.17. The summed E-state index contributed by atoms with van der Waals surface area (Å²) in [5, 5.41) is 5.84. The molecule has 2 aromatic rings. The van der Waals surface area contributed by atoms with Crippen LogP contribution in [0.25, 0.3) is 0 Å². The van der Waals surface area contributed by atoms with E-state index in [1.165, 1.54) is 7.05 Å². The van der Waals surface area contributed by atoms with Crippen molar-refractivity contribution in [1.29, 1.82) is 0 Å². The lowest BCUT2D eigenvalue weighted by atomic mass is 10.1. The number of anilines is 1. The van der Waals surface area contributed by atoms with Crippen LogP contribution in [-0.2, 0) is 24.1 Å². The first-order valence-electron chi connectivity index (χ1n) is 9.47. The number of hydrogen-bond acceptors (Lipinski definition) is 2. The van der Waals surface area contributed by atoms with Crippen molar-refractivity contribution in [3.05, 3.63) is 65.0 Å². The highest BCUT2D eigenvalue weighted by atomic mass is 19.4. The number of carbonyl (C=O) groups excluding carboxylic acids is 1. The summed E-state index contributed by atoms with van der Waals surface area (Å²) in [6.45, 7) is 0.949. The second-order valence-electron chi connectivity index (χ2n) is 6.89. The number of carbonyl (C=O) groups is 1. The molecule has 5 nitrogen and oxygen atoms in total. The monoisotopic (exact) mass is 422 g/mol. The van der Waals surface area contributed by atoms with E-state index in [-0.39, 0.29) is 18.0 Å². The minimum absolute atomic E-state index is 0.0773. The molecule has 1 amide bonds. The third-order valence-electron chi connectivity index (χ3n) is 4.83. The normalized spacial score (nSPS) is 14.9. The highest BCUT2D eigenvalue weighted by Crippen LogP contribution is 2.32. The molecule has 0 aliphatic carbocycles. The Balaban J connectivity index is 1.58.